The maximum atomic E-state index is 13.4. The van der Waals surface area contributed by atoms with Crippen LogP contribution in [0.2, 0.25) is 0 Å². The van der Waals surface area contributed by atoms with E-state index in [0.29, 0.717) is 22.7 Å². The number of carbonyl (C=O) groups excluding carboxylic acids is 1. The van der Waals surface area contributed by atoms with Gasteiger partial charge < -0.3 is 9.22 Å². The summed E-state index contributed by atoms with van der Waals surface area (Å²) in [5.41, 5.74) is -0.221. The van der Waals surface area contributed by atoms with Crippen molar-refractivity contribution in [2.24, 2.45) is 5.92 Å². The van der Waals surface area contributed by atoms with Crippen LogP contribution in [0.4, 0.5) is 0 Å². The lowest BCUT2D eigenvalue weighted by atomic mass is 9.92. The lowest BCUT2D eigenvalue weighted by molar-refractivity contribution is -0.947. The highest BCUT2D eigenvalue weighted by molar-refractivity contribution is 7.91. The number of amides is 1. The quantitative estimate of drug-likeness (QED) is 0.634. The van der Waals surface area contributed by atoms with Crippen molar-refractivity contribution in [3.8, 4) is 5.75 Å². The Morgan fingerprint density at radius 3 is 2.52 bits per heavy atom. The van der Waals surface area contributed by atoms with Gasteiger partial charge in [0.1, 0.15) is 23.4 Å². The van der Waals surface area contributed by atoms with Crippen LogP contribution in [0.15, 0.2) is 23.1 Å². The summed E-state index contributed by atoms with van der Waals surface area (Å²) in [4.78, 5) is 13.5. The van der Waals surface area contributed by atoms with Gasteiger partial charge in [-0.2, -0.15) is 0 Å². The van der Waals surface area contributed by atoms with E-state index in [4.69, 9.17) is 18.8 Å². The predicted molar refractivity (Wildman–Crippen MR) is 113 cm³/mol. The first-order valence-corrected chi connectivity index (χ1v) is 11.7. The van der Waals surface area contributed by atoms with Crippen LogP contribution < -0.4 is 4.74 Å². The van der Waals surface area contributed by atoms with Gasteiger partial charge >= 0.3 is 5.91 Å². The summed E-state index contributed by atoms with van der Waals surface area (Å²) in [6, 6.07) is 4.33. The van der Waals surface area contributed by atoms with Gasteiger partial charge in [0.25, 0.3) is 0 Å². The Morgan fingerprint density at radius 1 is 1.38 bits per heavy atom. The first-order valence-electron chi connectivity index (χ1n) is 10.0. The molecule has 0 bridgehead atoms. The molecule has 7 heteroatoms. The van der Waals surface area contributed by atoms with Crippen LogP contribution in [0.5, 0.6) is 5.75 Å². The first-order chi connectivity index (χ1) is 13.2. The normalized spacial score (nSPS) is 27.8. The highest BCUT2D eigenvalue weighted by Crippen LogP contribution is 2.41. The summed E-state index contributed by atoms with van der Waals surface area (Å²) >= 11 is 0. The zero-order valence-electron chi connectivity index (χ0n) is 18.4. The zero-order valence-corrected chi connectivity index (χ0v) is 19.3. The molecule has 2 rings (SSSR count). The van der Waals surface area contributed by atoms with E-state index in [1.807, 2.05) is 6.92 Å². The summed E-state index contributed by atoms with van der Waals surface area (Å²) < 4.78 is 29.9. The molecule has 29 heavy (non-hydrogen) atoms. The van der Waals surface area contributed by atoms with Crippen molar-refractivity contribution in [2.45, 2.75) is 44.6 Å². The minimum Gasteiger partial charge on any atom is -0.496 e. The molecule has 0 spiro atoms. The number of sulfone groups is 1. The number of hydrogen-bond donors (Lipinski definition) is 0. The first kappa shape index (κ1) is 23.8. The van der Waals surface area contributed by atoms with Gasteiger partial charge in [-0.05, 0) is 32.0 Å². The number of likely N-dealkylation sites (N-methyl/N-ethyl adjacent to an activating group) is 2. The van der Waals surface area contributed by atoms with E-state index in [1.165, 1.54) is 25.3 Å². The van der Waals surface area contributed by atoms with Gasteiger partial charge in [0.05, 0.1) is 37.9 Å². The lowest BCUT2D eigenvalue weighted by Gasteiger charge is -2.44. The van der Waals surface area contributed by atoms with Crippen molar-refractivity contribution in [3.63, 3.8) is 0 Å². The fraction of sp³-hybridized carbons (Fsp3) is 0.591. The Hall–Kier alpha value is -1.44. The number of nitrogens with zero attached hydrogens (tertiary/aromatic N) is 2. The van der Waals surface area contributed by atoms with Crippen LogP contribution in [-0.4, -0.2) is 68.4 Å². The number of likely N-dealkylation sites (tertiary alicyclic amines) is 1. The van der Waals surface area contributed by atoms with Crippen LogP contribution >= 0.6 is 0 Å². The highest BCUT2D eigenvalue weighted by Gasteiger charge is 2.56. The SMILES string of the molecule is [CH][N+](C)(CC1(C)CC(C)C[N+]1([CH])CC)C(=O)c1cc(S(=O)(=O)CC)ccc1OC. The van der Waals surface area contributed by atoms with E-state index >= 15 is 0 Å². The summed E-state index contributed by atoms with van der Waals surface area (Å²) in [7, 11) is 12.8. The van der Waals surface area contributed by atoms with Crippen molar-refractivity contribution >= 4 is 15.7 Å². The molecule has 1 aliphatic heterocycles. The molecule has 1 aromatic carbocycles. The predicted octanol–water partition coefficient (Wildman–Crippen LogP) is 3.05. The summed E-state index contributed by atoms with van der Waals surface area (Å²) in [6.07, 6.45) is 0.858. The van der Waals surface area contributed by atoms with Crippen LogP contribution in [0.1, 0.15) is 44.5 Å². The zero-order chi connectivity index (χ0) is 22.3. The smallest absolute Gasteiger partial charge is 0.350 e. The standard InChI is InChI=1S/C22H34N2O4S/c1-9-24(7)15-17(3)14-22(24,4)16-23(5,6)21(25)19-13-18(29(26,27)10-2)11-12-20(19)28-8/h5,7,11-13,17H,9-10,14-16H2,1-4,6,8H3/q+2. The molecule has 4 atom stereocenters. The Labute approximate surface area is 176 Å². The average Bonchev–Trinajstić information content (AvgIpc) is 2.88. The van der Waals surface area contributed by atoms with Crippen molar-refractivity contribution < 1.29 is 26.9 Å². The Bertz CT molecular complexity index is 881. The molecule has 4 unspecified atom stereocenters. The van der Waals surface area contributed by atoms with Gasteiger partial charge in [-0.3, -0.25) is 0 Å². The molecule has 1 aromatic rings. The van der Waals surface area contributed by atoms with Gasteiger partial charge in [-0.15, -0.1) is 0 Å². The number of methoxy groups -OCH3 is 1. The van der Waals surface area contributed by atoms with Gasteiger partial charge in [-0.25, -0.2) is 17.7 Å². The molecule has 0 saturated carbocycles. The Balaban J connectivity index is 2.46. The Morgan fingerprint density at radius 2 is 2.00 bits per heavy atom. The van der Waals surface area contributed by atoms with Gasteiger partial charge in [0.2, 0.25) is 14.1 Å². The second-order valence-corrected chi connectivity index (χ2v) is 11.1. The summed E-state index contributed by atoms with van der Waals surface area (Å²) in [5, 5.41) is 0. The number of carbonyl (C=O) groups is 1. The third-order valence-corrected chi connectivity index (χ3v) is 8.07. The van der Waals surface area contributed by atoms with Gasteiger partial charge in [-0.1, -0.05) is 13.8 Å². The Kier molecular flexibility index (Phi) is 6.58. The van der Waals surface area contributed by atoms with Crippen LogP contribution in [0.25, 0.3) is 0 Å². The summed E-state index contributed by atoms with van der Waals surface area (Å²) in [6.45, 7) is 9.74. The molecule has 0 aliphatic carbocycles. The largest absolute Gasteiger partial charge is 0.496 e. The summed E-state index contributed by atoms with van der Waals surface area (Å²) in [5.74, 6) is 0.265. The molecule has 1 saturated heterocycles. The van der Waals surface area contributed by atoms with E-state index in [2.05, 4.69) is 13.8 Å². The third-order valence-electron chi connectivity index (χ3n) is 6.34. The number of quaternary nitrogens is 2. The maximum absolute atomic E-state index is 13.4. The van der Waals surface area contributed by atoms with Crippen molar-refractivity contribution in [1.29, 1.82) is 0 Å². The maximum Gasteiger partial charge on any atom is 0.350 e. The number of ether oxygens (including phenoxy) is 1. The number of rotatable bonds is 7. The fourth-order valence-electron chi connectivity index (χ4n) is 4.76. The van der Waals surface area contributed by atoms with E-state index in [-0.39, 0.29) is 21.8 Å². The van der Waals surface area contributed by atoms with Crippen molar-refractivity contribution in [2.75, 3.05) is 39.5 Å². The van der Waals surface area contributed by atoms with Crippen LogP contribution in [0.3, 0.4) is 0 Å². The minimum atomic E-state index is -3.47. The van der Waals surface area contributed by atoms with Crippen LogP contribution in [0, 0.1) is 20.0 Å². The molecule has 160 valence electrons. The van der Waals surface area contributed by atoms with E-state index in [0.717, 1.165) is 19.5 Å². The van der Waals surface area contributed by atoms with E-state index < -0.39 is 20.2 Å². The molecule has 1 amide bonds. The molecular formula is C22H34N2O4S+2. The van der Waals surface area contributed by atoms with Crippen molar-refractivity contribution in [3.05, 3.63) is 37.9 Å². The molecule has 6 nitrogen and oxygen atoms in total. The second kappa shape index (κ2) is 8.00. The topological polar surface area (TPSA) is 60.4 Å². The van der Waals surface area contributed by atoms with E-state index in [1.54, 1.807) is 14.0 Å². The lowest BCUT2D eigenvalue weighted by Crippen LogP contribution is -2.63. The van der Waals surface area contributed by atoms with E-state index in [9.17, 15) is 13.2 Å². The minimum absolute atomic E-state index is 0.0542. The van der Waals surface area contributed by atoms with Gasteiger partial charge in [0.15, 0.2) is 9.84 Å². The van der Waals surface area contributed by atoms with Crippen LogP contribution in [-0.2, 0) is 9.84 Å². The molecule has 4 radical (unpaired) electrons. The second-order valence-electron chi connectivity index (χ2n) is 8.84. The molecule has 0 aromatic heterocycles. The molecule has 1 aliphatic rings. The molecule has 0 N–H and O–H groups in total. The molecular weight excluding hydrogens is 388 g/mol. The monoisotopic (exact) mass is 422 g/mol. The average molecular weight is 423 g/mol. The number of benzene rings is 1. The fourth-order valence-corrected chi connectivity index (χ4v) is 5.66. The third kappa shape index (κ3) is 4.37. The molecule has 1 fully saturated rings. The molecule has 1 heterocycles. The highest BCUT2D eigenvalue weighted by atomic mass is 32.2. The number of hydrogen-bond acceptors (Lipinski definition) is 4. The van der Waals surface area contributed by atoms with Gasteiger partial charge in [0, 0.05) is 12.3 Å². The van der Waals surface area contributed by atoms with Crippen molar-refractivity contribution in [1.82, 2.24) is 0 Å².